The van der Waals surface area contributed by atoms with Crippen LogP contribution in [0, 0.1) is 5.92 Å². The minimum Gasteiger partial charge on any atom is -0.304 e. The minimum absolute atomic E-state index is 0.334. The smallest absolute Gasteiger partial charge is 0.246 e. The molecule has 0 aromatic carbocycles. The molecule has 0 spiro atoms. The van der Waals surface area contributed by atoms with Crippen LogP contribution in [0.2, 0.25) is 0 Å². The predicted octanol–water partition coefficient (Wildman–Crippen LogP) is 0.941. The summed E-state index contributed by atoms with van der Waals surface area (Å²) in [5.74, 6) is 0.428. The van der Waals surface area contributed by atoms with E-state index in [0.717, 1.165) is 58.5 Å². The van der Waals surface area contributed by atoms with Gasteiger partial charge in [-0.3, -0.25) is 4.68 Å². The van der Waals surface area contributed by atoms with Crippen molar-refractivity contribution in [2.75, 3.05) is 52.9 Å². The average molecular weight is 370 g/mol. The van der Waals surface area contributed by atoms with Crippen LogP contribution in [0.3, 0.4) is 0 Å². The highest BCUT2D eigenvalue weighted by atomic mass is 32.2. The van der Waals surface area contributed by atoms with Gasteiger partial charge < -0.3 is 9.80 Å². The molecule has 1 atom stereocenters. The normalized spacial score (nSPS) is 24.6. The first-order chi connectivity index (χ1) is 12.0. The first-order valence-corrected chi connectivity index (χ1v) is 10.9. The highest BCUT2D eigenvalue weighted by Gasteiger charge is 2.32. The Kier molecular flexibility index (Phi) is 6.14. The van der Waals surface area contributed by atoms with E-state index >= 15 is 0 Å². The van der Waals surface area contributed by atoms with Gasteiger partial charge in [0.1, 0.15) is 4.90 Å². The molecular formula is C17H31N5O2S. The van der Waals surface area contributed by atoms with Gasteiger partial charge in [0.25, 0.3) is 0 Å². The van der Waals surface area contributed by atoms with E-state index in [-0.39, 0.29) is 0 Å². The van der Waals surface area contributed by atoms with Crippen LogP contribution in [0.4, 0.5) is 0 Å². The van der Waals surface area contributed by atoms with Gasteiger partial charge in [0.05, 0.1) is 6.20 Å². The molecule has 3 rings (SSSR count). The summed E-state index contributed by atoms with van der Waals surface area (Å²) in [4.78, 5) is 5.17. The Bertz CT molecular complexity index is 652. The van der Waals surface area contributed by atoms with Crippen molar-refractivity contribution in [3.05, 3.63) is 12.4 Å². The Labute approximate surface area is 151 Å². The van der Waals surface area contributed by atoms with Gasteiger partial charge >= 0.3 is 0 Å². The fourth-order valence-corrected chi connectivity index (χ4v) is 5.28. The number of piperazine rings is 1. The van der Waals surface area contributed by atoms with Crippen molar-refractivity contribution in [3.63, 3.8) is 0 Å². The first kappa shape index (κ1) is 18.8. The molecule has 2 fully saturated rings. The monoisotopic (exact) mass is 369 g/mol. The molecule has 8 heteroatoms. The van der Waals surface area contributed by atoms with E-state index in [4.69, 9.17) is 0 Å². The molecule has 0 amide bonds. The molecule has 1 unspecified atom stereocenters. The fraction of sp³-hybridized carbons (Fsp3) is 0.824. The zero-order valence-corrected chi connectivity index (χ0v) is 16.3. The summed E-state index contributed by atoms with van der Waals surface area (Å²) < 4.78 is 29.3. The van der Waals surface area contributed by atoms with Crippen LogP contribution in [0.1, 0.15) is 26.2 Å². The van der Waals surface area contributed by atoms with E-state index in [1.165, 1.54) is 6.20 Å². The van der Waals surface area contributed by atoms with Gasteiger partial charge in [0.2, 0.25) is 10.0 Å². The van der Waals surface area contributed by atoms with E-state index in [2.05, 4.69) is 28.9 Å². The van der Waals surface area contributed by atoms with Gasteiger partial charge in [-0.2, -0.15) is 9.40 Å². The van der Waals surface area contributed by atoms with Gasteiger partial charge in [-0.15, -0.1) is 0 Å². The first-order valence-electron chi connectivity index (χ1n) is 9.42. The highest BCUT2D eigenvalue weighted by Crippen LogP contribution is 2.24. The van der Waals surface area contributed by atoms with Crippen molar-refractivity contribution in [2.45, 2.75) is 37.6 Å². The van der Waals surface area contributed by atoms with Crippen LogP contribution in [0.25, 0.3) is 0 Å². The lowest BCUT2D eigenvalue weighted by Crippen LogP contribution is -2.49. The Morgan fingerprint density at radius 2 is 1.96 bits per heavy atom. The molecule has 2 saturated heterocycles. The lowest BCUT2D eigenvalue weighted by molar-refractivity contribution is 0.118. The largest absolute Gasteiger partial charge is 0.304 e. The molecule has 0 bridgehead atoms. The second kappa shape index (κ2) is 8.16. The maximum atomic E-state index is 12.9. The third kappa shape index (κ3) is 4.61. The molecular weight excluding hydrogens is 338 g/mol. The topological polar surface area (TPSA) is 61.7 Å². The molecule has 0 saturated carbocycles. The number of hydrogen-bond acceptors (Lipinski definition) is 5. The summed E-state index contributed by atoms with van der Waals surface area (Å²) in [5.41, 5.74) is 0. The molecule has 7 nitrogen and oxygen atoms in total. The number of hydrogen-bond donors (Lipinski definition) is 0. The molecule has 1 aromatic heterocycles. The molecule has 25 heavy (non-hydrogen) atoms. The molecule has 142 valence electrons. The van der Waals surface area contributed by atoms with Crippen LogP contribution in [-0.2, 0) is 16.6 Å². The summed E-state index contributed by atoms with van der Waals surface area (Å²) in [6.45, 7) is 9.46. The minimum atomic E-state index is -3.42. The Hall–Kier alpha value is -0.960. The highest BCUT2D eigenvalue weighted by molar-refractivity contribution is 7.89. The second-order valence-electron chi connectivity index (χ2n) is 7.41. The lowest BCUT2D eigenvalue weighted by atomic mass is 9.99. The van der Waals surface area contributed by atoms with Gasteiger partial charge in [-0.25, -0.2) is 8.42 Å². The summed E-state index contributed by atoms with van der Waals surface area (Å²) >= 11 is 0. The van der Waals surface area contributed by atoms with E-state index < -0.39 is 10.0 Å². The van der Waals surface area contributed by atoms with E-state index in [1.807, 2.05) is 0 Å². The molecule has 0 N–H and O–H groups in total. The number of rotatable bonds is 6. The summed E-state index contributed by atoms with van der Waals surface area (Å²) in [5, 5.41) is 4.18. The van der Waals surface area contributed by atoms with E-state index in [1.54, 1.807) is 15.2 Å². The third-order valence-corrected chi connectivity index (χ3v) is 7.11. The van der Waals surface area contributed by atoms with Crippen molar-refractivity contribution in [2.24, 2.45) is 5.92 Å². The van der Waals surface area contributed by atoms with E-state index in [9.17, 15) is 8.42 Å². The molecule has 2 aliphatic rings. The summed E-state index contributed by atoms with van der Waals surface area (Å²) in [6.07, 6.45) is 6.17. The Morgan fingerprint density at radius 3 is 2.68 bits per heavy atom. The molecule has 3 heterocycles. The zero-order chi connectivity index (χ0) is 17.9. The third-order valence-electron chi connectivity index (χ3n) is 5.29. The zero-order valence-electron chi connectivity index (χ0n) is 15.5. The Balaban J connectivity index is 1.61. The molecule has 0 aliphatic carbocycles. The lowest BCUT2D eigenvalue weighted by Gasteiger charge is -2.38. The van der Waals surface area contributed by atoms with Crippen molar-refractivity contribution >= 4 is 10.0 Å². The summed E-state index contributed by atoms with van der Waals surface area (Å²) in [7, 11) is -1.26. The van der Waals surface area contributed by atoms with Crippen LogP contribution in [0.15, 0.2) is 17.3 Å². The van der Waals surface area contributed by atoms with Crippen LogP contribution >= 0.6 is 0 Å². The number of nitrogens with zero attached hydrogens (tertiary/aromatic N) is 5. The number of piperidine rings is 1. The van der Waals surface area contributed by atoms with Crippen LogP contribution in [0.5, 0.6) is 0 Å². The van der Waals surface area contributed by atoms with Gasteiger partial charge in [0, 0.05) is 58.6 Å². The van der Waals surface area contributed by atoms with Crippen molar-refractivity contribution in [3.8, 4) is 0 Å². The van der Waals surface area contributed by atoms with Crippen molar-refractivity contribution in [1.29, 1.82) is 0 Å². The number of sulfonamides is 1. The SMILES string of the molecule is CCCn1cc(S(=O)(=O)N2CCCC(CN3CCN(C)CC3)C2)cn1. The number of likely N-dealkylation sites (N-methyl/N-ethyl adjacent to an activating group) is 1. The second-order valence-corrected chi connectivity index (χ2v) is 9.35. The maximum absolute atomic E-state index is 12.9. The summed E-state index contributed by atoms with van der Waals surface area (Å²) in [6, 6.07) is 0. The van der Waals surface area contributed by atoms with Gasteiger partial charge in [-0.1, -0.05) is 6.92 Å². The van der Waals surface area contributed by atoms with Gasteiger partial charge in [0.15, 0.2) is 0 Å². The van der Waals surface area contributed by atoms with Crippen molar-refractivity contribution < 1.29 is 8.42 Å². The Morgan fingerprint density at radius 1 is 1.20 bits per heavy atom. The van der Waals surface area contributed by atoms with E-state index in [0.29, 0.717) is 23.9 Å². The molecule has 2 aliphatic heterocycles. The quantitative estimate of drug-likeness (QED) is 0.747. The van der Waals surface area contributed by atoms with Crippen molar-refractivity contribution in [1.82, 2.24) is 23.9 Å². The predicted molar refractivity (Wildman–Crippen MR) is 97.9 cm³/mol. The maximum Gasteiger partial charge on any atom is 0.246 e. The van der Waals surface area contributed by atoms with Crippen LogP contribution < -0.4 is 0 Å². The molecule has 1 aromatic rings. The fourth-order valence-electron chi connectivity index (χ4n) is 3.77. The average Bonchev–Trinajstić information content (AvgIpc) is 3.07. The van der Waals surface area contributed by atoms with Gasteiger partial charge in [-0.05, 0) is 32.2 Å². The number of aromatic nitrogens is 2. The number of aryl methyl sites for hydroxylation is 1. The standard InChI is InChI=1S/C17H31N5O2S/c1-3-6-21-15-17(12-18-21)25(23,24)22-7-4-5-16(14-22)13-20-10-8-19(2)9-11-20/h12,15-16H,3-11,13-14H2,1-2H3. The molecule has 0 radical (unpaired) electrons. The van der Waals surface area contributed by atoms with Crippen LogP contribution in [-0.4, -0.2) is 85.2 Å².